The maximum absolute atomic E-state index is 13.4. The number of piperidine rings is 1. The van der Waals surface area contributed by atoms with Gasteiger partial charge in [-0.1, -0.05) is 48.5 Å². The number of amides is 3. The minimum absolute atomic E-state index is 0.0840. The summed E-state index contributed by atoms with van der Waals surface area (Å²) in [5.41, 5.74) is 2.50. The fraction of sp³-hybridized carbons (Fsp3) is 0.269. The highest BCUT2D eigenvalue weighted by Crippen LogP contribution is 2.24. The van der Waals surface area contributed by atoms with Crippen LogP contribution >= 0.6 is 0 Å². The zero-order valence-corrected chi connectivity index (χ0v) is 18.3. The number of urea groups is 1. The molecule has 0 bridgehead atoms. The third-order valence-corrected chi connectivity index (χ3v) is 5.91. The molecule has 1 aromatic heterocycles. The van der Waals surface area contributed by atoms with Crippen LogP contribution < -0.4 is 10.6 Å². The molecule has 0 spiro atoms. The van der Waals surface area contributed by atoms with Crippen LogP contribution in [0.2, 0.25) is 0 Å². The molecule has 2 N–H and O–H groups in total. The van der Waals surface area contributed by atoms with E-state index >= 15 is 0 Å². The number of hydrogen-bond donors (Lipinski definition) is 2. The van der Waals surface area contributed by atoms with Crippen molar-refractivity contribution in [1.82, 2.24) is 20.5 Å². The molecule has 33 heavy (non-hydrogen) atoms. The lowest BCUT2D eigenvalue weighted by Gasteiger charge is -2.32. The molecular formula is C26H27FN4O2. The molecule has 1 fully saturated rings. The van der Waals surface area contributed by atoms with Crippen molar-refractivity contribution in [2.24, 2.45) is 5.92 Å². The first kappa shape index (κ1) is 22.5. The lowest BCUT2D eigenvalue weighted by molar-refractivity contribution is -0.126. The fourth-order valence-corrected chi connectivity index (χ4v) is 4.02. The van der Waals surface area contributed by atoms with E-state index in [4.69, 9.17) is 0 Å². The summed E-state index contributed by atoms with van der Waals surface area (Å²) in [5.74, 6) is -0.614. The van der Waals surface area contributed by atoms with E-state index in [9.17, 15) is 14.0 Å². The number of carbonyl (C=O) groups excluding carboxylic acids is 2. The van der Waals surface area contributed by atoms with Gasteiger partial charge in [0.05, 0.1) is 11.7 Å². The van der Waals surface area contributed by atoms with Gasteiger partial charge in [-0.2, -0.15) is 0 Å². The average Bonchev–Trinajstić information content (AvgIpc) is 2.87. The predicted molar refractivity (Wildman–Crippen MR) is 124 cm³/mol. The summed E-state index contributed by atoms with van der Waals surface area (Å²) < 4.78 is 13.4. The van der Waals surface area contributed by atoms with Gasteiger partial charge in [0.25, 0.3) is 0 Å². The van der Waals surface area contributed by atoms with Crippen molar-refractivity contribution in [3.63, 3.8) is 0 Å². The molecule has 2 aromatic carbocycles. The van der Waals surface area contributed by atoms with Gasteiger partial charge < -0.3 is 15.5 Å². The van der Waals surface area contributed by atoms with Crippen LogP contribution in [0.25, 0.3) is 0 Å². The van der Waals surface area contributed by atoms with E-state index < -0.39 is 6.04 Å². The molecular weight excluding hydrogens is 419 g/mol. The zero-order valence-electron chi connectivity index (χ0n) is 18.3. The van der Waals surface area contributed by atoms with Crippen LogP contribution in [-0.4, -0.2) is 34.9 Å². The van der Waals surface area contributed by atoms with Crippen molar-refractivity contribution in [2.75, 3.05) is 13.1 Å². The molecule has 7 heteroatoms. The van der Waals surface area contributed by atoms with Crippen molar-refractivity contribution in [2.45, 2.75) is 25.4 Å². The highest BCUT2D eigenvalue weighted by molar-refractivity contribution is 5.80. The number of benzene rings is 2. The monoisotopic (exact) mass is 446 g/mol. The Hall–Kier alpha value is -3.74. The molecule has 3 aromatic rings. The van der Waals surface area contributed by atoms with Gasteiger partial charge in [-0.15, -0.1) is 0 Å². The third-order valence-electron chi connectivity index (χ3n) is 5.91. The number of hydrogen-bond acceptors (Lipinski definition) is 3. The van der Waals surface area contributed by atoms with E-state index in [1.165, 1.54) is 12.1 Å². The molecule has 1 aliphatic rings. The van der Waals surface area contributed by atoms with Gasteiger partial charge in [-0.3, -0.25) is 9.78 Å². The van der Waals surface area contributed by atoms with Gasteiger partial charge in [0.2, 0.25) is 5.91 Å². The highest BCUT2D eigenvalue weighted by atomic mass is 19.1. The van der Waals surface area contributed by atoms with Gasteiger partial charge in [0.1, 0.15) is 5.82 Å². The Balaban J connectivity index is 1.34. The number of nitrogens with one attached hydrogen (secondary N) is 2. The molecule has 0 aliphatic carbocycles. The summed E-state index contributed by atoms with van der Waals surface area (Å²) in [4.78, 5) is 31.7. The maximum atomic E-state index is 13.4. The standard InChI is InChI=1S/C26H27FN4O2/c27-22-11-9-20(10-12-22)24(23-8-4-5-15-28-23)30-25(32)21-13-16-31(17-14-21)26(33)29-18-19-6-2-1-3-7-19/h1-12,15,21,24H,13-14,16-18H2,(H,29,33)(H,30,32). The molecule has 4 rings (SSSR count). The summed E-state index contributed by atoms with van der Waals surface area (Å²) in [6.07, 6.45) is 2.84. The number of carbonyl (C=O) groups is 2. The van der Waals surface area contributed by atoms with Crippen molar-refractivity contribution >= 4 is 11.9 Å². The van der Waals surface area contributed by atoms with Crippen LogP contribution in [0.1, 0.15) is 35.7 Å². The summed E-state index contributed by atoms with van der Waals surface area (Å²) in [5, 5.41) is 6.03. The topological polar surface area (TPSA) is 74.3 Å². The zero-order chi connectivity index (χ0) is 23.0. The first-order valence-corrected chi connectivity index (χ1v) is 11.1. The van der Waals surface area contributed by atoms with Crippen molar-refractivity contribution in [3.8, 4) is 0 Å². The molecule has 170 valence electrons. The number of halogens is 1. The minimum atomic E-state index is -0.466. The highest BCUT2D eigenvalue weighted by Gasteiger charge is 2.29. The number of pyridine rings is 1. The number of rotatable bonds is 6. The van der Waals surface area contributed by atoms with Crippen molar-refractivity contribution in [1.29, 1.82) is 0 Å². The normalized spacial score (nSPS) is 15.0. The molecule has 3 amide bonds. The van der Waals surface area contributed by atoms with Gasteiger partial charge in [-0.05, 0) is 48.2 Å². The second kappa shape index (κ2) is 10.7. The Labute approximate surface area is 192 Å². The second-order valence-corrected chi connectivity index (χ2v) is 8.15. The maximum Gasteiger partial charge on any atom is 0.317 e. The van der Waals surface area contributed by atoms with Crippen LogP contribution in [0.5, 0.6) is 0 Å². The quantitative estimate of drug-likeness (QED) is 0.600. The average molecular weight is 447 g/mol. The molecule has 1 atom stereocenters. The van der Waals surface area contributed by atoms with Gasteiger partial charge in [0.15, 0.2) is 0 Å². The Bertz CT molecular complexity index is 1050. The number of likely N-dealkylation sites (tertiary alicyclic amines) is 1. The van der Waals surface area contributed by atoms with E-state index in [-0.39, 0.29) is 23.7 Å². The van der Waals surface area contributed by atoms with Gasteiger partial charge >= 0.3 is 6.03 Å². The minimum Gasteiger partial charge on any atom is -0.343 e. The molecule has 1 unspecified atom stereocenters. The van der Waals surface area contributed by atoms with E-state index in [1.54, 1.807) is 23.2 Å². The van der Waals surface area contributed by atoms with Crippen LogP contribution in [0.3, 0.4) is 0 Å². The third kappa shape index (κ3) is 5.94. The van der Waals surface area contributed by atoms with Crippen LogP contribution in [0, 0.1) is 11.7 Å². The Morgan fingerprint density at radius 2 is 1.67 bits per heavy atom. The van der Waals surface area contributed by atoms with Gasteiger partial charge in [0, 0.05) is 31.7 Å². The fourth-order valence-electron chi connectivity index (χ4n) is 4.02. The number of aromatic nitrogens is 1. The largest absolute Gasteiger partial charge is 0.343 e. The molecule has 6 nitrogen and oxygen atoms in total. The predicted octanol–water partition coefficient (Wildman–Crippen LogP) is 4.05. The van der Waals surface area contributed by atoms with Crippen molar-refractivity contribution in [3.05, 3.63) is 102 Å². The summed E-state index contributed by atoms with van der Waals surface area (Å²) in [7, 11) is 0. The molecule has 0 saturated carbocycles. The SMILES string of the molecule is O=C(NC(c1ccc(F)cc1)c1ccccn1)C1CCN(C(=O)NCc2ccccc2)CC1. The first-order chi connectivity index (χ1) is 16.1. The summed E-state index contributed by atoms with van der Waals surface area (Å²) >= 11 is 0. The smallest absolute Gasteiger partial charge is 0.317 e. The van der Waals surface area contributed by atoms with E-state index in [0.29, 0.717) is 38.2 Å². The molecule has 0 radical (unpaired) electrons. The first-order valence-electron chi connectivity index (χ1n) is 11.1. The van der Waals surface area contributed by atoms with Gasteiger partial charge in [-0.25, -0.2) is 9.18 Å². The Kier molecular flexibility index (Phi) is 7.29. The van der Waals surface area contributed by atoms with Crippen LogP contribution in [-0.2, 0) is 11.3 Å². The molecule has 1 aliphatic heterocycles. The van der Waals surface area contributed by atoms with E-state index in [1.807, 2.05) is 48.5 Å². The van der Waals surface area contributed by atoms with Crippen molar-refractivity contribution < 1.29 is 14.0 Å². The Morgan fingerprint density at radius 1 is 0.970 bits per heavy atom. The lowest BCUT2D eigenvalue weighted by Crippen LogP contribution is -2.47. The van der Waals surface area contributed by atoms with E-state index in [0.717, 1.165) is 11.1 Å². The van der Waals surface area contributed by atoms with Crippen LogP contribution in [0.15, 0.2) is 79.0 Å². The molecule has 2 heterocycles. The van der Waals surface area contributed by atoms with Crippen LogP contribution in [0.4, 0.5) is 9.18 Å². The van der Waals surface area contributed by atoms with E-state index in [2.05, 4.69) is 15.6 Å². The Morgan fingerprint density at radius 3 is 2.33 bits per heavy atom. The summed E-state index contributed by atoms with van der Waals surface area (Å²) in [6, 6.07) is 20.8. The number of nitrogens with zero attached hydrogens (tertiary/aromatic N) is 2. The summed E-state index contributed by atoms with van der Waals surface area (Å²) in [6.45, 7) is 1.51. The second-order valence-electron chi connectivity index (χ2n) is 8.15. The lowest BCUT2D eigenvalue weighted by atomic mass is 9.94. The molecule has 1 saturated heterocycles.